The monoisotopic (exact) mass is 441 g/mol. The molecule has 6 nitrogen and oxygen atoms in total. The van der Waals surface area contributed by atoms with Crippen molar-refractivity contribution in [1.82, 2.24) is 9.88 Å². The maximum absolute atomic E-state index is 13.2. The van der Waals surface area contributed by atoms with Crippen molar-refractivity contribution >= 4 is 29.6 Å². The number of urea groups is 1. The summed E-state index contributed by atoms with van der Waals surface area (Å²) in [5, 5.41) is 2.29. The number of nitrogens with one attached hydrogen (secondary N) is 1. The topological polar surface area (TPSA) is 71.4 Å². The van der Waals surface area contributed by atoms with Crippen LogP contribution >= 0.6 is 0 Å². The van der Waals surface area contributed by atoms with Crippen molar-refractivity contribution in [2.45, 2.75) is 39.7 Å². The van der Waals surface area contributed by atoms with E-state index < -0.39 is 17.8 Å². The third-order valence-electron chi connectivity index (χ3n) is 6.06. The number of nitrogens with zero attached hydrogens (tertiary/aromatic N) is 2. The average molecular weight is 442 g/mol. The SMILES string of the molecule is CC[C@@H](C)c1ccc(N2C(=O)NC(=O)/C(=C/c3cccn3Cc3ccc(C)cc3)C2=O)cc1. The lowest BCUT2D eigenvalue weighted by atomic mass is 9.98. The molecular formula is C27H27N3O3. The highest BCUT2D eigenvalue weighted by molar-refractivity contribution is 6.39. The Labute approximate surface area is 193 Å². The fourth-order valence-electron chi connectivity index (χ4n) is 3.82. The minimum absolute atomic E-state index is 0.0792. The molecule has 6 heteroatoms. The van der Waals surface area contributed by atoms with Crippen molar-refractivity contribution in [2.24, 2.45) is 0 Å². The largest absolute Gasteiger partial charge is 0.344 e. The molecule has 4 rings (SSSR count). The van der Waals surface area contributed by atoms with Gasteiger partial charge in [-0.15, -0.1) is 0 Å². The number of hydrogen-bond acceptors (Lipinski definition) is 3. The first-order chi connectivity index (χ1) is 15.9. The Morgan fingerprint density at radius 1 is 0.970 bits per heavy atom. The molecule has 0 radical (unpaired) electrons. The van der Waals surface area contributed by atoms with E-state index in [1.807, 2.05) is 66.2 Å². The summed E-state index contributed by atoms with van der Waals surface area (Å²) >= 11 is 0. The standard InChI is InChI=1S/C27H27N3O3/c1-4-19(3)21-11-13-22(14-12-21)30-26(32)24(25(31)28-27(30)33)16-23-6-5-15-29(23)17-20-9-7-18(2)8-10-20/h5-16,19H,4,17H2,1-3H3,(H,28,31,33)/b24-16-/t19-/m1/s1. The second-order valence-electron chi connectivity index (χ2n) is 8.41. The molecule has 2 aromatic carbocycles. The number of aryl methyl sites for hydroxylation is 1. The lowest BCUT2D eigenvalue weighted by Gasteiger charge is -2.26. The van der Waals surface area contributed by atoms with Gasteiger partial charge in [-0.2, -0.15) is 0 Å². The molecule has 1 saturated heterocycles. The van der Waals surface area contributed by atoms with Crippen LogP contribution in [0, 0.1) is 6.92 Å². The van der Waals surface area contributed by atoms with Gasteiger partial charge in [-0.1, -0.05) is 55.8 Å². The zero-order valence-corrected chi connectivity index (χ0v) is 19.0. The van der Waals surface area contributed by atoms with Crippen molar-refractivity contribution in [1.29, 1.82) is 0 Å². The number of benzene rings is 2. The van der Waals surface area contributed by atoms with Gasteiger partial charge in [0, 0.05) is 18.4 Å². The molecule has 1 aliphatic rings. The van der Waals surface area contributed by atoms with E-state index in [1.165, 1.54) is 5.56 Å². The number of amides is 4. The van der Waals surface area contributed by atoms with E-state index >= 15 is 0 Å². The van der Waals surface area contributed by atoms with Crippen LogP contribution in [0.5, 0.6) is 0 Å². The Morgan fingerprint density at radius 2 is 1.67 bits per heavy atom. The van der Waals surface area contributed by atoms with E-state index in [0.717, 1.165) is 22.4 Å². The first-order valence-corrected chi connectivity index (χ1v) is 11.1. The molecule has 0 saturated carbocycles. The minimum atomic E-state index is -0.742. The fraction of sp³-hybridized carbons (Fsp3) is 0.222. The molecule has 1 N–H and O–H groups in total. The number of rotatable bonds is 6. The third-order valence-corrected chi connectivity index (χ3v) is 6.06. The van der Waals surface area contributed by atoms with Gasteiger partial charge in [0.2, 0.25) is 0 Å². The van der Waals surface area contributed by atoms with E-state index in [9.17, 15) is 14.4 Å². The summed E-state index contributed by atoms with van der Waals surface area (Å²) < 4.78 is 1.96. The van der Waals surface area contributed by atoms with Crippen LogP contribution in [0.4, 0.5) is 10.5 Å². The molecule has 1 fully saturated rings. The van der Waals surface area contributed by atoms with Gasteiger partial charge in [-0.25, -0.2) is 9.69 Å². The lowest BCUT2D eigenvalue weighted by molar-refractivity contribution is -0.122. The Bertz CT molecular complexity index is 1220. The molecular weight excluding hydrogens is 414 g/mol. The molecule has 33 heavy (non-hydrogen) atoms. The summed E-state index contributed by atoms with van der Waals surface area (Å²) in [6.07, 6.45) is 4.43. The van der Waals surface area contributed by atoms with Gasteiger partial charge in [0.15, 0.2) is 0 Å². The molecule has 1 aliphatic heterocycles. The molecule has 1 aromatic heterocycles. The van der Waals surface area contributed by atoms with Gasteiger partial charge in [0.1, 0.15) is 5.57 Å². The maximum Gasteiger partial charge on any atom is 0.335 e. The summed E-state index contributed by atoms with van der Waals surface area (Å²) in [7, 11) is 0. The van der Waals surface area contributed by atoms with Crippen LogP contribution in [0.1, 0.15) is 48.6 Å². The van der Waals surface area contributed by atoms with Gasteiger partial charge >= 0.3 is 6.03 Å². The molecule has 3 aromatic rings. The van der Waals surface area contributed by atoms with E-state index in [0.29, 0.717) is 23.8 Å². The second-order valence-corrected chi connectivity index (χ2v) is 8.41. The average Bonchev–Trinajstić information content (AvgIpc) is 3.24. The normalized spacial score (nSPS) is 16.3. The van der Waals surface area contributed by atoms with E-state index in [4.69, 9.17) is 0 Å². The Balaban J connectivity index is 1.62. The number of hydrogen-bond donors (Lipinski definition) is 1. The number of imide groups is 2. The summed E-state index contributed by atoms with van der Waals surface area (Å²) in [6, 6.07) is 18.5. The van der Waals surface area contributed by atoms with E-state index in [2.05, 4.69) is 19.2 Å². The molecule has 0 bridgehead atoms. The highest BCUT2D eigenvalue weighted by atomic mass is 16.2. The highest BCUT2D eigenvalue weighted by Gasteiger charge is 2.37. The number of anilines is 1. The highest BCUT2D eigenvalue weighted by Crippen LogP contribution is 2.26. The number of barbiturate groups is 1. The first kappa shape index (κ1) is 22.3. The quantitative estimate of drug-likeness (QED) is 0.431. The van der Waals surface area contributed by atoms with Crippen LogP contribution < -0.4 is 10.2 Å². The van der Waals surface area contributed by atoms with Crippen LogP contribution in [-0.2, 0) is 16.1 Å². The van der Waals surface area contributed by atoms with Crippen LogP contribution in [-0.4, -0.2) is 22.4 Å². The maximum atomic E-state index is 13.2. The molecule has 4 amide bonds. The molecule has 1 atom stereocenters. The van der Waals surface area contributed by atoms with E-state index in [1.54, 1.807) is 18.2 Å². The van der Waals surface area contributed by atoms with Crippen molar-refractivity contribution in [2.75, 3.05) is 4.90 Å². The van der Waals surface area contributed by atoms with Gasteiger partial charge in [0.25, 0.3) is 11.8 Å². The molecule has 168 valence electrons. The van der Waals surface area contributed by atoms with Gasteiger partial charge in [-0.3, -0.25) is 14.9 Å². The fourth-order valence-corrected chi connectivity index (χ4v) is 3.82. The summed E-state index contributed by atoms with van der Waals surface area (Å²) in [5.74, 6) is -0.952. The smallest absolute Gasteiger partial charge is 0.335 e. The van der Waals surface area contributed by atoms with Crippen molar-refractivity contribution in [3.05, 3.63) is 94.8 Å². The van der Waals surface area contributed by atoms with Gasteiger partial charge in [-0.05, 0) is 60.7 Å². The van der Waals surface area contributed by atoms with E-state index in [-0.39, 0.29) is 5.57 Å². The summed E-state index contributed by atoms with van der Waals surface area (Å²) in [4.78, 5) is 39.3. The summed E-state index contributed by atoms with van der Waals surface area (Å²) in [6.45, 7) is 6.87. The Kier molecular flexibility index (Phi) is 6.27. The van der Waals surface area contributed by atoms with Crippen molar-refractivity contribution in [3.63, 3.8) is 0 Å². The molecule has 2 heterocycles. The van der Waals surface area contributed by atoms with Crippen molar-refractivity contribution < 1.29 is 14.4 Å². The second kappa shape index (κ2) is 9.28. The minimum Gasteiger partial charge on any atom is -0.344 e. The molecule has 0 unspecified atom stereocenters. The van der Waals surface area contributed by atoms with Crippen LogP contribution in [0.3, 0.4) is 0 Å². The zero-order chi connectivity index (χ0) is 23.5. The van der Waals surface area contributed by atoms with Gasteiger partial charge < -0.3 is 4.57 Å². The zero-order valence-electron chi connectivity index (χ0n) is 19.0. The first-order valence-electron chi connectivity index (χ1n) is 11.1. The van der Waals surface area contributed by atoms with Gasteiger partial charge in [0.05, 0.1) is 5.69 Å². The number of aromatic nitrogens is 1. The Morgan fingerprint density at radius 3 is 2.33 bits per heavy atom. The third kappa shape index (κ3) is 4.65. The lowest BCUT2D eigenvalue weighted by Crippen LogP contribution is -2.54. The Hall–Kier alpha value is -3.93. The predicted octanol–water partition coefficient (Wildman–Crippen LogP) is 5.02. The molecule has 0 aliphatic carbocycles. The van der Waals surface area contributed by atoms with Crippen LogP contribution in [0.15, 0.2) is 72.4 Å². The number of carbonyl (C=O) groups excluding carboxylic acids is 3. The van der Waals surface area contributed by atoms with Crippen LogP contribution in [0.25, 0.3) is 6.08 Å². The summed E-state index contributed by atoms with van der Waals surface area (Å²) in [5.41, 5.74) is 4.47. The predicted molar refractivity (Wildman–Crippen MR) is 129 cm³/mol. The number of carbonyl (C=O) groups is 3. The van der Waals surface area contributed by atoms with Crippen LogP contribution in [0.2, 0.25) is 0 Å². The van der Waals surface area contributed by atoms with Crippen molar-refractivity contribution in [3.8, 4) is 0 Å². The molecule has 0 spiro atoms.